The minimum absolute atomic E-state index is 0.00982. The van der Waals surface area contributed by atoms with Gasteiger partial charge in [-0.25, -0.2) is 4.39 Å². The van der Waals surface area contributed by atoms with E-state index in [0.29, 0.717) is 24.5 Å². The van der Waals surface area contributed by atoms with Gasteiger partial charge >= 0.3 is 0 Å². The van der Waals surface area contributed by atoms with Crippen molar-refractivity contribution >= 4 is 5.91 Å². The molecule has 1 amide bonds. The van der Waals surface area contributed by atoms with E-state index in [0.717, 1.165) is 37.9 Å². The van der Waals surface area contributed by atoms with Crippen LogP contribution in [0.4, 0.5) is 4.39 Å². The van der Waals surface area contributed by atoms with Gasteiger partial charge in [0.05, 0.1) is 6.10 Å². The first kappa shape index (κ1) is 18.0. The number of carbonyl (C=O) groups is 1. The maximum absolute atomic E-state index is 13.1. The fraction of sp³-hybridized carbons (Fsp3) is 0.409. The van der Waals surface area contributed by atoms with Crippen molar-refractivity contribution < 1.29 is 18.7 Å². The molecule has 27 heavy (non-hydrogen) atoms. The maximum atomic E-state index is 13.1. The highest BCUT2D eigenvalue weighted by atomic mass is 19.1. The third-order valence-corrected chi connectivity index (χ3v) is 5.06. The zero-order valence-corrected chi connectivity index (χ0v) is 15.3. The summed E-state index contributed by atoms with van der Waals surface area (Å²) in [6.45, 7) is 1.80. The van der Waals surface area contributed by atoms with Crippen molar-refractivity contribution in [1.82, 2.24) is 4.90 Å². The van der Waals surface area contributed by atoms with Crippen LogP contribution in [0.5, 0.6) is 5.75 Å². The molecular formula is C22H24FNO3. The Bertz CT molecular complexity index is 782. The fourth-order valence-corrected chi connectivity index (χ4v) is 3.39. The van der Waals surface area contributed by atoms with Crippen molar-refractivity contribution in [2.24, 2.45) is 0 Å². The average Bonchev–Trinajstić information content (AvgIpc) is 3.40. The molecule has 1 heterocycles. The van der Waals surface area contributed by atoms with Crippen molar-refractivity contribution in [2.45, 2.75) is 44.4 Å². The van der Waals surface area contributed by atoms with Gasteiger partial charge in [0.1, 0.15) is 18.2 Å². The SMILES string of the molecule is O=C(c1cccc(OCC2CCCO2)c1)N(Cc1ccc(F)cc1)C1CC1. The van der Waals surface area contributed by atoms with E-state index in [1.54, 1.807) is 18.2 Å². The second-order valence-corrected chi connectivity index (χ2v) is 7.26. The van der Waals surface area contributed by atoms with Crippen LogP contribution in [0.1, 0.15) is 41.6 Å². The fourth-order valence-electron chi connectivity index (χ4n) is 3.39. The van der Waals surface area contributed by atoms with Crippen molar-refractivity contribution in [3.05, 3.63) is 65.5 Å². The van der Waals surface area contributed by atoms with Gasteiger partial charge < -0.3 is 14.4 Å². The van der Waals surface area contributed by atoms with Crippen LogP contribution < -0.4 is 4.74 Å². The molecule has 1 atom stereocenters. The van der Waals surface area contributed by atoms with Crippen LogP contribution in [-0.4, -0.2) is 36.2 Å². The summed E-state index contributed by atoms with van der Waals surface area (Å²) < 4.78 is 24.6. The predicted octanol–water partition coefficient (Wildman–Crippen LogP) is 4.19. The molecule has 1 unspecified atom stereocenters. The Morgan fingerprint density at radius 2 is 1.96 bits per heavy atom. The van der Waals surface area contributed by atoms with E-state index in [4.69, 9.17) is 9.47 Å². The van der Waals surface area contributed by atoms with Gasteiger partial charge in [-0.1, -0.05) is 18.2 Å². The summed E-state index contributed by atoms with van der Waals surface area (Å²) in [6.07, 6.45) is 4.27. The largest absolute Gasteiger partial charge is 0.491 e. The molecule has 1 aliphatic carbocycles. The Morgan fingerprint density at radius 3 is 2.67 bits per heavy atom. The average molecular weight is 369 g/mol. The second-order valence-electron chi connectivity index (χ2n) is 7.26. The van der Waals surface area contributed by atoms with Crippen LogP contribution in [0.2, 0.25) is 0 Å². The summed E-state index contributed by atoms with van der Waals surface area (Å²) in [5.41, 5.74) is 1.55. The molecule has 0 bridgehead atoms. The smallest absolute Gasteiger partial charge is 0.254 e. The van der Waals surface area contributed by atoms with E-state index in [1.165, 1.54) is 12.1 Å². The molecule has 0 radical (unpaired) electrons. The van der Waals surface area contributed by atoms with E-state index in [9.17, 15) is 9.18 Å². The third kappa shape index (κ3) is 4.66. The molecule has 2 aliphatic rings. The molecule has 1 aliphatic heterocycles. The Labute approximate surface area is 158 Å². The quantitative estimate of drug-likeness (QED) is 0.735. The van der Waals surface area contributed by atoms with Crippen molar-refractivity contribution in [3.8, 4) is 5.75 Å². The molecule has 2 aromatic rings. The molecule has 4 rings (SSSR count). The molecule has 2 fully saturated rings. The van der Waals surface area contributed by atoms with Crippen LogP contribution >= 0.6 is 0 Å². The Hall–Kier alpha value is -2.40. The number of benzene rings is 2. The van der Waals surface area contributed by atoms with Crippen LogP contribution in [-0.2, 0) is 11.3 Å². The highest BCUT2D eigenvalue weighted by molar-refractivity contribution is 5.95. The first-order valence-electron chi connectivity index (χ1n) is 9.59. The van der Waals surface area contributed by atoms with E-state index >= 15 is 0 Å². The molecule has 4 nitrogen and oxygen atoms in total. The van der Waals surface area contributed by atoms with Gasteiger partial charge in [0, 0.05) is 24.8 Å². The topological polar surface area (TPSA) is 38.8 Å². The van der Waals surface area contributed by atoms with Gasteiger partial charge in [-0.3, -0.25) is 4.79 Å². The van der Waals surface area contributed by atoms with Gasteiger partial charge in [0.25, 0.3) is 5.91 Å². The summed E-state index contributed by atoms with van der Waals surface area (Å²) >= 11 is 0. The van der Waals surface area contributed by atoms with Gasteiger partial charge in [-0.15, -0.1) is 0 Å². The standard InChI is InChI=1S/C22H24FNO3/c23-18-8-6-16(7-9-18)14-24(19-10-11-19)22(25)17-3-1-4-20(13-17)27-15-21-5-2-12-26-21/h1,3-4,6-9,13,19,21H,2,5,10-12,14-15H2. The maximum Gasteiger partial charge on any atom is 0.254 e. The molecule has 142 valence electrons. The monoisotopic (exact) mass is 369 g/mol. The molecule has 0 spiro atoms. The van der Waals surface area contributed by atoms with Crippen LogP contribution in [0, 0.1) is 5.82 Å². The molecule has 0 N–H and O–H groups in total. The zero-order chi connectivity index (χ0) is 18.6. The number of nitrogens with zero attached hydrogens (tertiary/aromatic N) is 1. The highest BCUT2D eigenvalue weighted by Crippen LogP contribution is 2.30. The lowest BCUT2D eigenvalue weighted by Gasteiger charge is -2.23. The van der Waals surface area contributed by atoms with E-state index in [1.807, 2.05) is 23.1 Å². The minimum Gasteiger partial charge on any atom is -0.491 e. The summed E-state index contributed by atoms with van der Waals surface area (Å²) in [6, 6.07) is 13.9. The number of hydrogen-bond acceptors (Lipinski definition) is 3. The Kier molecular flexibility index (Phi) is 5.39. The molecule has 1 saturated carbocycles. The van der Waals surface area contributed by atoms with Crippen molar-refractivity contribution in [1.29, 1.82) is 0 Å². The lowest BCUT2D eigenvalue weighted by atomic mass is 10.1. The van der Waals surface area contributed by atoms with E-state index in [2.05, 4.69) is 0 Å². The number of rotatable bonds is 7. The van der Waals surface area contributed by atoms with E-state index < -0.39 is 0 Å². The van der Waals surface area contributed by atoms with Gasteiger partial charge in [-0.2, -0.15) is 0 Å². The zero-order valence-electron chi connectivity index (χ0n) is 15.3. The third-order valence-electron chi connectivity index (χ3n) is 5.06. The lowest BCUT2D eigenvalue weighted by molar-refractivity contribution is 0.0676. The summed E-state index contributed by atoms with van der Waals surface area (Å²) in [5, 5.41) is 0. The molecule has 5 heteroatoms. The number of hydrogen-bond donors (Lipinski definition) is 0. The van der Waals surface area contributed by atoms with E-state index in [-0.39, 0.29) is 23.9 Å². The summed E-state index contributed by atoms with van der Waals surface area (Å²) in [5.74, 6) is 0.414. The summed E-state index contributed by atoms with van der Waals surface area (Å²) in [7, 11) is 0. The van der Waals surface area contributed by atoms with Crippen LogP contribution in [0.15, 0.2) is 48.5 Å². The van der Waals surface area contributed by atoms with Crippen molar-refractivity contribution in [3.63, 3.8) is 0 Å². The number of carbonyl (C=O) groups excluding carboxylic acids is 1. The number of ether oxygens (including phenoxy) is 2. The minimum atomic E-state index is -0.265. The van der Waals surface area contributed by atoms with Gasteiger partial charge in [-0.05, 0) is 61.6 Å². The molecular weight excluding hydrogens is 345 g/mol. The normalized spacial score (nSPS) is 19.1. The number of amides is 1. The second kappa shape index (κ2) is 8.09. The van der Waals surface area contributed by atoms with Crippen LogP contribution in [0.3, 0.4) is 0 Å². The number of halogens is 1. The highest BCUT2D eigenvalue weighted by Gasteiger charge is 2.33. The summed E-state index contributed by atoms with van der Waals surface area (Å²) in [4.78, 5) is 15.0. The van der Waals surface area contributed by atoms with Gasteiger partial charge in [0.15, 0.2) is 0 Å². The first-order valence-corrected chi connectivity index (χ1v) is 9.59. The first-order chi connectivity index (χ1) is 13.2. The van der Waals surface area contributed by atoms with Gasteiger partial charge in [0.2, 0.25) is 0 Å². The molecule has 2 aromatic carbocycles. The predicted molar refractivity (Wildman–Crippen MR) is 100 cm³/mol. The van der Waals surface area contributed by atoms with Crippen molar-refractivity contribution in [2.75, 3.05) is 13.2 Å². The molecule has 0 aromatic heterocycles. The Morgan fingerprint density at radius 1 is 1.15 bits per heavy atom. The Balaban J connectivity index is 1.44. The molecule has 1 saturated heterocycles. The lowest BCUT2D eigenvalue weighted by Crippen LogP contribution is -2.32. The van der Waals surface area contributed by atoms with Crippen LogP contribution in [0.25, 0.3) is 0 Å².